The molecule has 0 aromatic rings. The van der Waals surface area contributed by atoms with Gasteiger partial charge < -0.3 is 40.3 Å². The summed E-state index contributed by atoms with van der Waals surface area (Å²) in [6.45, 7) is 3.78. The quantitative estimate of drug-likeness (QED) is 0.0261. The van der Waals surface area contributed by atoms with Crippen LogP contribution in [0.5, 0.6) is 0 Å². The van der Waals surface area contributed by atoms with Crippen LogP contribution in [0.15, 0.2) is 60.8 Å². The zero-order chi connectivity index (χ0) is 63.5. The minimum absolute atomic E-state index is 0.134. The van der Waals surface area contributed by atoms with E-state index in [1.807, 2.05) is 0 Å². The minimum atomic E-state index is -1.55. The number of aliphatic hydroxyl groups excluding tert-OH is 5. The fourth-order valence-electron chi connectivity index (χ4n) is 12.4. The molecule has 7 unspecified atom stereocenters. The number of hydrogen-bond acceptors (Lipinski definition) is 8. The first-order valence-electron chi connectivity index (χ1n) is 38.5. The monoisotopic (exact) mass is 1240 g/mol. The maximum absolute atomic E-state index is 13.2. The highest BCUT2D eigenvalue weighted by atomic mass is 16.7. The van der Waals surface area contributed by atoms with Crippen molar-refractivity contribution in [2.24, 2.45) is 0 Å². The molecule has 1 aliphatic heterocycles. The largest absolute Gasteiger partial charge is 0.394 e. The number of carbonyl (C=O) groups is 1. The third-order valence-electron chi connectivity index (χ3n) is 18.4. The number of amides is 1. The molecule has 1 heterocycles. The Hall–Kier alpha value is -2.11. The van der Waals surface area contributed by atoms with Crippen LogP contribution in [0.25, 0.3) is 0 Å². The second-order valence-corrected chi connectivity index (χ2v) is 26.8. The van der Waals surface area contributed by atoms with Gasteiger partial charge in [0.05, 0.1) is 25.4 Å². The molecule has 0 aromatic carbocycles. The Morgan fingerprint density at radius 1 is 0.398 bits per heavy atom. The number of rotatable bonds is 68. The lowest BCUT2D eigenvalue weighted by molar-refractivity contribution is -0.302. The second kappa shape index (κ2) is 67.8. The minimum Gasteiger partial charge on any atom is -0.394 e. The number of unbranched alkanes of at least 4 members (excludes halogenated alkanes) is 48. The first kappa shape index (κ1) is 83.9. The first-order chi connectivity index (χ1) is 43.3. The Kier molecular flexibility index (Phi) is 64.6. The van der Waals surface area contributed by atoms with Gasteiger partial charge in [0.15, 0.2) is 6.29 Å². The highest BCUT2D eigenvalue weighted by Gasteiger charge is 2.44. The zero-order valence-electron chi connectivity index (χ0n) is 58.0. The van der Waals surface area contributed by atoms with Crippen LogP contribution >= 0.6 is 0 Å². The molecular weight excluding hydrogens is 1090 g/mol. The molecular formula is C79H147NO8. The predicted molar refractivity (Wildman–Crippen MR) is 378 cm³/mol. The van der Waals surface area contributed by atoms with Gasteiger partial charge in [-0.25, -0.2) is 0 Å². The van der Waals surface area contributed by atoms with Crippen molar-refractivity contribution >= 4 is 5.91 Å². The van der Waals surface area contributed by atoms with E-state index in [1.165, 1.54) is 283 Å². The summed E-state index contributed by atoms with van der Waals surface area (Å²) in [5.41, 5.74) is 0. The summed E-state index contributed by atoms with van der Waals surface area (Å²) >= 11 is 0. The van der Waals surface area contributed by atoms with Crippen molar-refractivity contribution in [2.75, 3.05) is 13.2 Å². The summed E-state index contributed by atoms with van der Waals surface area (Å²) in [5, 5.41) is 55.0. The molecule has 0 aliphatic carbocycles. The van der Waals surface area contributed by atoms with Crippen LogP contribution in [0, 0.1) is 0 Å². The van der Waals surface area contributed by atoms with E-state index in [0.717, 1.165) is 70.6 Å². The maximum atomic E-state index is 13.2. The smallest absolute Gasteiger partial charge is 0.220 e. The van der Waals surface area contributed by atoms with Gasteiger partial charge in [-0.1, -0.05) is 376 Å². The highest BCUT2D eigenvalue weighted by molar-refractivity contribution is 5.76. The van der Waals surface area contributed by atoms with Crippen LogP contribution in [0.3, 0.4) is 0 Å². The number of nitrogens with one attached hydrogen (secondary N) is 1. The fourth-order valence-corrected chi connectivity index (χ4v) is 12.4. The number of aliphatic hydroxyl groups is 5. The molecule has 1 amide bonds. The molecule has 0 spiro atoms. The lowest BCUT2D eigenvalue weighted by Crippen LogP contribution is -2.60. The van der Waals surface area contributed by atoms with E-state index in [4.69, 9.17) is 9.47 Å². The molecule has 1 rings (SSSR count). The summed E-state index contributed by atoms with van der Waals surface area (Å²) in [7, 11) is 0. The molecule has 88 heavy (non-hydrogen) atoms. The van der Waals surface area contributed by atoms with Gasteiger partial charge in [-0.3, -0.25) is 4.79 Å². The van der Waals surface area contributed by atoms with Crippen LogP contribution in [0.4, 0.5) is 0 Å². The second-order valence-electron chi connectivity index (χ2n) is 26.8. The third kappa shape index (κ3) is 55.5. The van der Waals surface area contributed by atoms with E-state index < -0.39 is 49.5 Å². The van der Waals surface area contributed by atoms with Gasteiger partial charge in [-0.05, 0) is 57.8 Å². The van der Waals surface area contributed by atoms with Crippen molar-refractivity contribution in [1.82, 2.24) is 5.32 Å². The number of allylic oxidation sites excluding steroid dienone is 10. The molecule has 9 heteroatoms. The molecule has 0 bridgehead atoms. The third-order valence-corrected chi connectivity index (χ3v) is 18.4. The standard InChI is InChI=1S/C79H147NO8/c1-3-5-7-9-11-13-15-17-19-21-23-25-27-29-30-31-32-33-34-35-36-37-38-39-40-41-42-43-44-45-47-49-51-53-55-57-59-61-63-65-67-69-75(83)80-72(71-87-79-78(86)77(85)76(84)74(70-81)88-79)73(82)68-66-64-62-60-58-56-54-52-50-48-46-28-26-24-22-20-18-16-14-12-10-8-6-4-2/h5,7,11,13,17,19,23,25,29-30,72-74,76-79,81-82,84-86H,3-4,6,8-10,12,14-16,18,20-22,24,26-28,31-71H2,1-2H3,(H,80,83)/b7-5-,13-11-,19-17-,25-23-,30-29-. The maximum Gasteiger partial charge on any atom is 0.220 e. The summed E-state index contributed by atoms with van der Waals surface area (Å²) in [4.78, 5) is 13.2. The average molecular weight is 1240 g/mol. The Morgan fingerprint density at radius 3 is 1.05 bits per heavy atom. The molecule has 1 aliphatic rings. The van der Waals surface area contributed by atoms with Crippen molar-refractivity contribution in [3.63, 3.8) is 0 Å². The molecule has 0 saturated carbocycles. The Bertz CT molecular complexity index is 1580. The Morgan fingerprint density at radius 2 is 0.705 bits per heavy atom. The van der Waals surface area contributed by atoms with Crippen molar-refractivity contribution in [1.29, 1.82) is 0 Å². The van der Waals surface area contributed by atoms with E-state index >= 15 is 0 Å². The molecule has 7 atom stereocenters. The van der Waals surface area contributed by atoms with Crippen molar-refractivity contribution in [3.8, 4) is 0 Å². The fraction of sp³-hybridized carbons (Fsp3) is 0.861. The molecule has 0 radical (unpaired) electrons. The molecule has 0 aromatic heterocycles. The van der Waals surface area contributed by atoms with E-state index in [1.54, 1.807) is 0 Å². The van der Waals surface area contributed by atoms with Crippen molar-refractivity contribution < 1.29 is 39.8 Å². The van der Waals surface area contributed by atoms with Crippen LogP contribution in [0.1, 0.15) is 380 Å². The summed E-state index contributed by atoms with van der Waals surface area (Å²) in [5.74, 6) is -0.136. The molecule has 9 nitrogen and oxygen atoms in total. The van der Waals surface area contributed by atoms with Gasteiger partial charge in [0.2, 0.25) is 5.91 Å². The molecule has 6 N–H and O–H groups in total. The van der Waals surface area contributed by atoms with Gasteiger partial charge in [0, 0.05) is 6.42 Å². The normalized spacial score (nSPS) is 18.2. The summed E-state index contributed by atoms with van der Waals surface area (Å²) < 4.78 is 11.4. The molecule has 1 fully saturated rings. The summed E-state index contributed by atoms with van der Waals surface area (Å²) in [6, 6.07) is -0.720. The van der Waals surface area contributed by atoms with E-state index in [2.05, 4.69) is 79.9 Å². The lowest BCUT2D eigenvalue weighted by Gasteiger charge is -2.40. The van der Waals surface area contributed by atoms with Crippen molar-refractivity contribution in [3.05, 3.63) is 60.8 Å². The van der Waals surface area contributed by atoms with Gasteiger partial charge in [-0.15, -0.1) is 0 Å². The van der Waals surface area contributed by atoms with Crippen molar-refractivity contribution in [2.45, 2.75) is 423 Å². The zero-order valence-corrected chi connectivity index (χ0v) is 58.0. The van der Waals surface area contributed by atoms with Crippen LogP contribution in [0.2, 0.25) is 0 Å². The van der Waals surface area contributed by atoms with Gasteiger partial charge in [0.1, 0.15) is 24.4 Å². The predicted octanol–water partition coefficient (Wildman–Crippen LogP) is 21.7. The summed E-state index contributed by atoms with van der Waals surface area (Å²) in [6.07, 6.45) is 87.5. The molecule has 1 saturated heterocycles. The highest BCUT2D eigenvalue weighted by Crippen LogP contribution is 2.24. The number of hydrogen-bond donors (Lipinski definition) is 6. The van der Waals surface area contributed by atoms with E-state index in [9.17, 15) is 30.3 Å². The SMILES string of the molecule is CC/C=C\C/C=C\C/C=C\C/C=C\C/C=C\CCCCCCCCCCCCCCCCCCCCCCCCCCCC(=O)NC(COC1OC(CO)C(O)C(O)C1O)C(O)CCCCCCCCCCCCCCCCCCCCCCCCCC. The van der Waals surface area contributed by atoms with E-state index in [0.29, 0.717) is 12.8 Å². The van der Waals surface area contributed by atoms with Crippen LogP contribution in [-0.4, -0.2) is 87.5 Å². The topological polar surface area (TPSA) is 149 Å². The van der Waals surface area contributed by atoms with Crippen LogP contribution in [-0.2, 0) is 14.3 Å². The first-order valence-corrected chi connectivity index (χ1v) is 38.5. The lowest BCUT2D eigenvalue weighted by atomic mass is 9.99. The average Bonchev–Trinajstić information content (AvgIpc) is 3.31. The van der Waals surface area contributed by atoms with Gasteiger partial charge in [0.25, 0.3) is 0 Å². The Labute approximate surface area is 545 Å². The van der Waals surface area contributed by atoms with Gasteiger partial charge in [-0.2, -0.15) is 0 Å². The van der Waals surface area contributed by atoms with E-state index in [-0.39, 0.29) is 12.5 Å². The molecule has 516 valence electrons. The van der Waals surface area contributed by atoms with Crippen LogP contribution < -0.4 is 5.32 Å². The Balaban J connectivity index is 2.03. The number of ether oxygens (including phenoxy) is 2. The van der Waals surface area contributed by atoms with Gasteiger partial charge >= 0.3 is 0 Å². The number of carbonyl (C=O) groups excluding carboxylic acids is 1.